The first-order valence-electron chi connectivity index (χ1n) is 13.5. The summed E-state index contributed by atoms with van der Waals surface area (Å²) in [6.45, 7) is 2.81. The quantitative estimate of drug-likeness (QED) is 0.240. The summed E-state index contributed by atoms with van der Waals surface area (Å²) in [5, 5.41) is 4.08. The van der Waals surface area contributed by atoms with Gasteiger partial charge in [-0.1, -0.05) is 84.9 Å². The molecule has 0 aliphatic heterocycles. The maximum Gasteiger partial charge on any atom is 0.422 e. The van der Waals surface area contributed by atoms with E-state index in [9.17, 15) is 32.3 Å². The maximum absolute atomic E-state index is 12.1. The highest BCUT2D eigenvalue weighted by Gasteiger charge is 2.32. The maximum atomic E-state index is 12.1. The number of benzene rings is 4. The third-order valence-corrected chi connectivity index (χ3v) is 6.57. The van der Waals surface area contributed by atoms with Gasteiger partial charge >= 0.3 is 29.9 Å². The lowest BCUT2D eigenvalue weighted by Gasteiger charge is -2.21. The molecular formula is C32H32F3N3O5. The van der Waals surface area contributed by atoms with Gasteiger partial charge in [0.2, 0.25) is 0 Å². The van der Waals surface area contributed by atoms with Gasteiger partial charge < -0.3 is 20.3 Å². The normalized spacial score (nSPS) is 10.9. The van der Waals surface area contributed by atoms with E-state index in [1.807, 2.05) is 85.8 Å². The van der Waals surface area contributed by atoms with Crippen LogP contribution in [0.2, 0.25) is 0 Å². The van der Waals surface area contributed by atoms with Crippen molar-refractivity contribution in [3.63, 3.8) is 0 Å². The second-order valence-corrected chi connectivity index (χ2v) is 9.47. The molecule has 4 rings (SSSR count). The van der Waals surface area contributed by atoms with E-state index in [1.165, 1.54) is 4.90 Å². The summed E-state index contributed by atoms with van der Waals surface area (Å²) >= 11 is 0. The Hall–Kier alpha value is -4.93. The van der Waals surface area contributed by atoms with Gasteiger partial charge in [0.05, 0.1) is 0 Å². The van der Waals surface area contributed by atoms with Crippen LogP contribution < -0.4 is 5.73 Å². The highest BCUT2D eigenvalue weighted by molar-refractivity contribution is 6.34. The summed E-state index contributed by atoms with van der Waals surface area (Å²) in [6.07, 6.45) is -4.66. The number of nitrogens with zero attached hydrogens (tertiary/aromatic N) is 2. The Morgan fingerprint density at radius 1 is 0.674 bits per heavy atom. The second kappa shape index (κ2) is 14.8. The zero-order valence-electron chi connectivity index (χ0n) is 23.8. The Labute approximate surface area is 246 Å². The minimum Gasteiger partial charge on any atom is -0.449 e. The Morgan fingerprint density at radius 3 is 1.51 bits per heavy atom. The molecule has 0 bridgehead atoms. The van der Waals surface area contributed by atoms with E-state index < -0.39 is 36.5 Å². The number of carbonyl (C=O) groups is 4. The molecule has 3 amide bonds. The molecule has 0 saturated carbocycles. The van der Waals surface area contributed by atoms with Crippen molar-refractivity contribution in [3.8, 4) is 0 Å². The van der Waals surface area contributed by atoms with Crippen molar-refractivity contribution in [2.24, 2.45) is 5.73 Å². The molecule has 0 aromatic heterocycles. The number of esters is 1. The number of nitrogens with two attached hydrogens (primary N) is 1. The highest BCUT2D eigenvalue weighted by Crippen LogP contribution is 2.21. The molecule has 226 valence electrons. The van der Waals surface area contributed by atoms with Crippen molar-refractivity contribution in [2.75, 3.05) is 19.7 Å². The molecule has 8 nitrogen and oxygen atoms in total. The lowest BCUT2D eigenvalue weighted by Crippen LogP contribution is -2.39. The van der Waals surface area contributed by atoms with Crippen LogP contribution in [0.3, 0.4) is 0 Å². The molecule has 0 spiro atoms. The van der Waals surface area contributed by atoms with Crippen molar-refractivity contribution < 1.29 is 37.1 Å². The molecule has 0 saturated heterocycles. The second-order valence-electron chi connectivity index (χ2n) is 9.47. The van der Waals surface area contributed by atoms with Crippen LogP contribution in [0.15, 0.2) is 84.9 Å². The number of rotatable bonds is 7. The van der Waals surface area contributed by atoms with E-state index in [-0.39, 0.29) is 13.1 Å². The van der Waals surface area contributed by atoms with Crippen molar-refractivity contribution in [1.82, 2.24) is 9.80 Å². The zero-order chi connectivity index (χ0) is 31.6. The summed E-state index contributed by atoms with van der Waals surface area (Å²) < 4.78 is 40.3. The van der Waals surface area contributed by atoms with Gasteiger partial charge in [0, 0.05) is 26.2 Å². The van der Waals surface area contributed by atoms with Crippen LogP contribution in [0, 0.1) is 0 Å². The van der Waals surface area contributed by atoms with E-state index in [4.69, 9.17) is 5.73 Å². The van der Waals surface area contributed by atoms with Crippen molar-refractivity contribution >= 4 is 45.2 Å². The van der Waals surface area contributed by atoms with Gasteiger partial charge in [-0.05, 0) is 46.5 Å². The fourth-order valence-electron chi connectivity index (χ4n) is 4.42. The number of ether oxygens (including phenoxy) is 1. The average molecular weight is 596 g/mol. The van der Waals surface area contributed by atoms with Crippen molar-refractivity contribution in [2.45, 2.75) is 33.1 Å². The molecule has 4 aromatic rings. The number of amides is 3. The third-order valence-electron chi connectivity index (χ3n) is 6.57. The Bertz CT molecular complexity index is 1600. The fraction of sp³-hybridized carbons (Fsp3) is 0.250. The topological polar surface area (TPSA) is 110 Å². The Morgan fingerprint density at radius 2 is 1.09 bits per heavy atom. The summed E-state index contributed by atoms with van der Waals surface area (Å²) in [4.78, 5) is 48.8. The first kappa shape index (κ1) is 32.6. The highest BCUT2D eigenvalue weighted by atomic mass is 19.4. The summed E-state index contributed by atoms with van der Waals surface area (Å²) in [5.41, 5.74) is 6.86. The van der Waals surface area contributed by atoms with Crippen LogP contribution in [-0.4, -0.2) is 59.4 Å². The number of hydrogen-bond acceptors (Lipinski definition) is 5. The predicted molar refractivity (Wildman–Crippen MR) is 156 cm³/mol. The van der Waals surface area contributed by atoms with E-state index in [0.717, 1.165) is 37.6 Å². The van der Waals surface area contributed by atoms with Gasteiger partial charge in [-0.2, -0.15) is 13.2 Å². The number of carbonyl (C=O) groups excluding carboxylic acids is 4. The van der Waals surface area contributed by atoms with Gasteiger partial charge in [0.1, 0.15) is 0 Å². The predicted octanol–water partition coefficient (Wildman–Crippen LogP) is 4.97. The van der Waals surface area contributed by atoms with Crippen LogP contribution in [0.4, 0.5) is 13.2 Å². The molecule has 4 aromatic carbocycles. The van der Waals surface area contributed by atoms with E-state index in [2.05, 4.69) is 4.74 Å². The van der Waals surface area contributed by atoms with Crippen molar-refractivity contribution in [1.29, 1.82) is 0 Å². The summed E-state index contributed by atoms with van der Waals surface area (Å²) in [7, 11) is 0. The van der Waals surface area contributed by atoms with E-state index >= 15 is 0 Å². The first-order valence-corrected chi connectivity index (χ1v) is 13.5. The molecule has 0 unspecified atom stereocenters. The smallest absolute Gasteiger partial charge is 0.422 e. The van der Waals surface area contributed by atoms with Crippen LogP contribution in [0.5, 0.6) is 0 Å². The molecule has 0 atom stereocenters. The molecule has 0 fully saturated rings. The molecule has 0 aliphatic carbocycles. The first-order chi connectivity index (χ1) is 20.4. The lowest BCUT2D eigenvalue weighted by atomic mass is 10.0. The molecule has 2 N–H and O–H groups in total. The molecular weight excluding hydrogens is 563 g/mol. The van der Waals surface area contributed by atoms with Gasteiger partial charge in [0.25, 0.3) is 0 Å². The number of alkyl halides is 3. The molecule has 0 radical (unpaired) electrons. The minimum absolute atomic E-state index is 0.109. The molecule has 43 heavy (non-hydrogen) atoms. The van der Waals surface area contributed by atoms with Gasteiger partial charge in [-0.25, -0.2) is 4.79 Å². The molecule has 11 heteroatoms. The number of primary amides is 1. The minimum atomic E-state index is -4.66. The summed E-state index contributed by atoms with van der Waals surface area (Å²) in [5.74, 6) is -4.15. The number of halogens is 3. The van der Waals surface area contributed by atoms with Crippen LogP contribution in [-0.2, 0) is 37.0 Å². The Kier molecular flexibility index (Phi) is 11.2. The van der Waals surface area contributed by atoms with Crippen molar-refractivity contribution in [3.05, 3.63) is 96.1 Å². The fourth-order valence-corrected chi connectivity index (χ4v) is 4.42. The van der Waals surface area contributed by atoms with Crippen LogP contribution >= 0.6 is 0 Å². The number of likely N-dealkylation sites (N-methyl/N-ethyl adjacent to an activating group) is 2. The zero-order valence-corrected chi connectivity index (χ0v) is 23.8. The van der Waals surface area contributed by atoms with Crippen LogP contribution in [0.25, 0.3) is 21.5 Å². The average Bonchev–Trinajstić information content (AvgIpc) is 3.00. The van der Waals surface area contributed by atoms with E-state index in [0.29, 0.717) is 13.1 Å². The molecule has 0 heterocycles. The standard InChI is InChI=1S/C17H16F3NO3.C15H16N2O2/c1-2-21(15(22)16(23)24-11-17(18,19)20)10-13-8-5-7-12-6-3-4-9-14(12)13;1-2-17(15(19)14(16)18)10-12-8-5-7-11-6-3-4-9-13(11)12/h3-9H,2,10-11H2,1H3;3-9H,2,10H2,1H3,(H2,16,18). The SMILES string of the molecule is CCN(Cc1cccc2ccccc12)C(=O)C(=O)OCC(F)(F)F.CCN(Cc1cccc2ccccc12)C(=O)C(N)=O. The number of hydrogen-bond donors (Lipinski definition) is 1. The van der Waals surface area contributed by atoms with Gasteiger partial charge in [-0.3, -0.25) is 14.4 Å². The van der Waals surface area contributed by atoms with Crippen LogP contribution in [0.1, 0.15) is 25.0 Å². The third kappa shape index (κ3) is 9.03. The number of fused-ring (bicyclic) bond motifs is 2. The van der Waals surface area contributed by atoms with Gasteiger partial charge in [0.15, 0.2) is 6.61 Å². The largest absolute Gasteiger partial charge is 0.449 e. The van der Waals surface area contributed by atoms with E-state index in [1.54, 1.807) is 13.0 Å². The summed E-state index contributed by atoms with van der Waals surface area (Å²) in [6, 6.07) is 26.9. The van der Waals surface area contributed by atoms with Gasteiger partial charge in [-0.15, -0.1) is 0 Å². The lowest BCUT2D eigenvalue weighted by molar-refractivity contribution is -0.189. The Balaban J connectivity index is 0.000000242. The molecule has 0 aliphatic rings. The monoisotopic (exact) mass is 595 g/mol.